The number of nitrogens with one attached hydrogen (secondary N) is 2. The maximum Gasteiger partial charge on any atom is 0.326 e. The van der Waals surface area contributed by atoms with Crippen molar-refractivity contribution in [1.29, 1.82) is 0 Å². The van der Waals surface area contributed by atoms with E-state index in [-0.39, 0.29) is 35.5 Å². The van der Waals surface area contributed by atoms with Crippen molar-refractivity contribution in [2.24, 2.45) is 11.7 Å². The molecule has 1 aliphatic heterocycles. The fourth-order valence-electron chi connectivity index (χ4n) is 5.56. The van der Waals surface area contributed by atoms with Crippen molar-refractivity contribution in [3.8, 4) is 11.8 Å². The van der Waals surface area contributed by atoms with E-state index in [1.165, 1.54) is 24.5 Å². The summed E-state index contributed by atoms with van der Waals surface area (Å²) in [6.07, 6.45) is 3.90. The first-order valence-electron chi connectivity index (χ1n) is 12.3. The highest BCUT2D eigenvalue weighted by Gasteiger charge is 2.44. The van der Waals surface area contributed by atoms with Gasteiger partial charge < -0.3 is 30.6 Å². The number of halogens is 1. The van der Waals surface area contributed by atoms with E-state index < -0.39 is 13.7 Å². The highest BCUT2D eigenvalue weighted by atomic mass is 31.2. The van der Waals surface area contributed by atoms with Crippen LogP contribution < -0.4 is 20.7 Å². The number of piperidine rings is 1. The number of ether oxygens (including phenoxy) is 1. The van der Waals surface area contributed by atoms with Crippen molar-refractivity contribution in [3.63, 3.8) is 0 Å². The van der Waals surface area contributed by atoms with Crippen LogP contribution in [-0.2, 0) is 9.09 Å². The molecule has 200 valence electrons. The van der Waals surface area contributed by atoms with Crippen LogP contribution in [0.4, 0.5) is 15.9 Å². The Morgan fingerprint density at radius 2 is 2.05 bits per heavy atom. The minimum absolute atomic E-state index is 0.0756. The largest absolute Gasteiger partial charge is 0.421 e. The van der Waals surface area contributed by atoms with Crippen LogP contribution in [0.25, 0.3) is 21.9 Å². The second-order valence-corrected chi connectivity index (χ2v) is 11.8. The molecule has 2 fully saturated rings. The molecule has 6 rings (SSSR count). The molecule has 5 atom stereocenters. The molecule has 14 heteroatoms. The van der Waals surface area contributed by atoms with Crippen LogP contribution in [0.15, 0.2) is 24.5 Å². The number of anilines is 2. The first-order valence-corrected chi connectivity index (χ1v) is 14.3. The molecular weight excluding hydrogens is 514 g/mol. The fourth-order valence-corrected chi connectivity index (χ4v) is 6.24. The quantitative estimate of drug-likeness (QED) is 0.252. The Hall–Kier alpha value is -3.38. The second kappa shape index (κ2) is 9.12. The number of rotatable bonds is 7. The molecular formula is C24H28FN8O4P. The van der Waals surface area contributed by atoms with Crippen LogP contribution in [-0.4, -0.2) is 62.2 Å². The zero-order valence-electron chi connectivity index (χ0n) is 21.1. The van der Waals surface area contributed by atoms with Gasteiger partial charge in [0.2, 0.25) is 0 Å². The molecule has 1 saturated carbocycles. The van der Waals surface area contributed by atoms with E-state index in [0.29, 0.717) is 28.5 Å². The first kappa shape index (κ1) is 24.9. The summed E-state index contributed by atoms with van der Waals surface area (Å²) in [5.41, 5.74) is 8.14. The topological polar surface area (TPSA) is 164 Å². The summed E-state index contributed by atoms with van der Waals surface area (Å²) in [7, 11) is -1.97. The summed E-state index contributed by atoms with van der Waals surface area (Å²) in [6.45, 7) is 3.43. The van der Waals surface area contributed by atoms with Crippen molar-refractivity contribution in [1.82, 2.24) is 24.9 Å². The molecule has 4 heterocycles. The summed E-state index contributed by atoms with van der Waals surface area (Å²) in [4.78, 5) is 32.7. The molecule has 38 heavy (non-hydrogen) atoms. The Morgan fingerprint density at radius 1 is 1.29 bits per heavy atom. The van der Waals surface area contributed by atoms with Crippen LogP contribution in [0.5, 0.6) is 11.8 Å². The Kier molecular flexibility index (Phi) is 5.98. The predicted octanol–water partition coefficient (Wildman–Crippen LogP) is 3.69. The van der Waals surface area contributed by atoms with Crippen LogP contribution >= 0.6 is 7.60 Å². The van der Waals surface area contributed by atoms with E-state index in [2.05, 4.69) is 30.2 Å². The van der Waals surface area contributed by atoms with Crippen molar-refractivity contribution >= 4 is 41.0 Å². The molecule has 0 spiro atoms. The average Bonchev–Trinajstić information content (AvgIpc) is 3.54. The molecule has 1 saturated heterocycles. The van der Waals surface area contributed by atoms with Crippen LogP contribution in [0.3, 0.4) is 0 Å². The zero-order chi connectivity index (χ0) is 26.8. The smallest absolute Gasteiger partial charge is 0.326 e. The summed E-state index contributed by atoms with van der Waals surface area (Å²) in [5.74, 6) is 1.16. The molecule has 5 N–H and O–H groups in total. The number of aromatic amines is 1. The standard InChI is InChI=1S/C24H28FN8O4P/c1-11(37-38(3,34)35)21-28-8-15(9-29-21)36-24-31-22-19(16-5-13(25)6-18(27-2)20(16)30-22)23(32-24)33-10-12-4-14(33)7-17(12)26/h5-6,8-9,11-12,14,17,27H,4,7,10,26H2,1-3H3,(H,34,35)(H,30,31,32)/t11?,12-,14-,17-/m1/s1. The summed E-state index contributed by atoms with van der Waals surface area (Å²) in [6, 6.07) is 3.38. The third-order valence-electron chi connectivity index (χ3n) is 7.20. The normalized spacial score (nSPS) is 23.2. The number of hydrogen-bond acceptors (Lipinski definition) is 10. The maximum atomic E-state index is 14.5. The van der Waals surface area contributed by atoms with E-state index in [1.807, 2.05) is 0 Å². The Bertz CT molecular complexity index is 1570. The number of hydrogen-bond donors (Lipinski definition) is 4. The number of H-pyrrole nitrogens is 1. The van der Waals surface area contributed by atoms with Crippen LogP contribution in [0.2, 0.25) is 0 Å². The number of aromatic nitrogens is 5. The molecule has 4 aromatic rings. The molecule has 0 radical (unpaired) electrons. The highest BCUT2D eigenvalue weighted by molar-refractivity contribution is 7.51. The van der Waals surface area contributed by atoms with Gasteiger partial charge in [0.25, 0.3) is 0 Å². The molecule has 0 amide bonds. The Labute approximate surface area is 217 Å². The van der Waals surface area contributed by atoms with Gasteiger partial charge in [-0.05, 0) is 37.8 Å². The lowest BCUT2D eigenvalue weighted by Gasteiger charge is -2.31. The van der Waals surface area contributed by atoms with E-state index in [1.54, 1.807) is 14.0 Å². The van der Waals surface area contributed by atoms with Crippen LogP contribution in [0, 0.1) is 11.7 Å². The van der Waals surface area contributed by atoms with Gasteiger partial charge in [0.15, 0.2) is 11.6 Å². The summed E-state index contributed by atoms with van der Waals surface area (Å²) >= 11 is 0. The van der Waals surface area contributed by atoms with Crippen molar-refractivity contribution in [2.45, 2.75) is 38.0 Å². The highest BCUT2D eigenvalue weighted by Crippen LogP contribution is 2.44. The third kappa shape index (κ3) is 4.45. The number of fused-ring (bicyclic) bond motifs is 5. The molecule has 3 aromatic heterocycles. The number of nitrogens with two attached hydrogens (primary N) is 1. The lowest BCUT2D eigenvalue weighted by atomic mass is 10.0. The molecule has 1 aliphatic carbocycles. The summed E-state index contributed by atoms with van der Waals surface area (Å²) in [5, 5.41) is 4.43. The second-order valence-electron chi connectivity index (χ2n) is 9.94. The van der Waals surface area contributed by atoms with Crippen LogP contribution in [0.1, 0.15) is 31.7 Å². The van der Waals surface area contributed by atoms with Gasteiger partial charge in [-0.25, -0.2) is 14.4 Å². The van der Waals surface area contributed by atoms with Gasteiger partial charge in [-0.1, -0.05) is 0 Å². The van der Waals surface area contributed by atoms with Crippen molar-refractivity contribution < 1.29 is 23.1 Å². The minimum Gasteiger partial charge on any atom is -0.421 e. The SMILES string of the molecule is CNc1cc(F)cc2c1[nH]c1nc(Oc3cnc(C(C)OP(C)(=O)O)nc3)nc(N3C[C@H]4C[C@@H]3C[C@H]4N)c12. The van der Waals surface area contributed by atoms with Gasteiger partial charge in [0.1, 0.15) is 23.4 Å². The number of benzene rings is 1. The summed E-state index contributed by atoms with van der Waals surface area (Å²) < 4.78 is 37.1. The van der Waals surface area contributed by atoms with Gasteiger partial charge in [-0.2, -0.15) is 9.97 Å². The molecule has 1 aromatic carbocycles. The van der Waals surface area contributed by atoms with Gasteiger partial charge in [0, 0.05) is 37.7 Å². The van der Waals surface area contributed by atoms with Gasteiger partial charge in [-0.3, -0.25) is 9.09 Å². The van der Waals surface area contributed by atoms with Gasteiger partial charge in [-0.15, -0.1) is 0 Å². The predicted molar refractivity (Wildman–Crippen MR) is 140 cm³/mol. The van der Waals surface area contributed by atoms with E-state index in [4.69, 9.17) is 20.0 Å². The van der Waals surface area contributed by atoms with Gasteiger partial charge in [0.05, 0.1) is 29.0 Å². The Balaban J connectivity index is 1.40. The monoisotopic (exact) mass is 542 g/mol. The Morgan fingerprint density at radius 3 is 2.68 bits per heavy atom. The molecule has 2 bridgehead atoms. The lowest BCUT2D eigenvalue weighted by molar-refractivity contribution is 0.187. The molecule has 2 aliphatic rings. The van der Waals surface area contributed by atoms with E-state index >= 15 is 0 Å². The maximum absolute atomic E-state index is 14.5. The molecule has 12 nitrogen and oxygen atoms in total. The van der Waals surface area contributed by atoms with E-state index in [9.17, 15) is 13.8 Å². The fraction of sp³-hybridized carbons (Fsp3) is 0.417. The zero-order valence-corrected chi connectivity index (χ0v) is 21.9. The average molecular weight is 543 g/mol. The first-order chi connectivity index (χ1) is 18.1. The van der Waals surface area contributed by atoms with Crippen molar-refractivity contribution in [2.75, 3.05) is 30.5 Å². The van der Waals surface area contributed by atoms with Crippen molar-refractivity contribution in [3.05, 3.63) is 36.2 Å². The van der Waals surface area contributed by atoms with Gasteiger partial charge >= 0.3 is 13.6 Å². The lowest BCUT2D eigenvalue weighted by Crippen LogP contribution is -2.41. The minimum atomic E-state index is -3.70. The third-order valence-corrected chi connectivity index (χ3v) is 7.91. The van der Waals surface area contributed by atoms with E-state index in [0.717, 1.165) is 37.0 Å². The molecule has 2 unspecified atom stereocenters. The number of nitrogens with zero attached hydrogens (tertiary/aromatic N) is 5.